The zero-order chi connectivity index (χ0) is 22.0. The maximum atomic E-state index is 13.5. The zero-order valence-electron chi connectivity index (χ0n) is 16.5. The van der Waals surface area contributed by atoms with Crippen molar-refractivity contribution in [2.24, 2.45) is 0 Å². The van der Waals surface area contributed by atoms with Gasteiger partial charge in [0.1, 0.15) is 11.6 Å². The molecule has 3 aromatic carbocycles. The fourth-order valence-electron chi connectivity index (χ4n) is 3.27. The van der Waals surface area contributed by atoms with Gasteiger partial charge in [0, 0.05) is 5.75 Å². The van der Waals surface area contributed by atoms with Crippen LogP contribution in [0.1, 0.15) is 11.1 Å². The van der Waals surface area contributed by atoms with Gasteiger partial charge in [-0.2, -0.15) is 0 Å². The minimum absolute atomic E-state index is 0.248. The van der Waals surface area contributed by atoms with E-state index >= 15 is 0 Å². The molecule has 0 fully saturated rings. The average Bonchev–Trinajstić information content (AvgIpc) is 3.03. The fourth-order valence-corrected chi connectivity index (χ4v) is 4.59. The molecule has 7 heteroatoms. The largest absolute Gasteiger partial charge is 0.495 e. The maximum Gasteiger partial charge on any atom is 0.272 e. The van der Waals surface area contributed by atoms with Gasteiger partial charge in [0.2, 0.25) is 0 Å². The quantitative estimate of drug-likeness (QED) is 0.449. The monoisotopic (exact) mass is 453 g/mol. The molecule has 2 amide bonds. The van der Waals surface area contributed by atoms with E-state index in [4.69, 9.17) is 16.3 Å². The van der Waals surface area contributed by atoms with Crippen molar-refractivity contribution in [1.29, 1.82) is 0 Å². The van der Waals surface area contributed by atoms with Gasteiger partial charge >= 0.3 is 0 Å². The molecular formula is C24H17ClFNO3S. The summed E-state index contributed by atoms with van der Waals surface area (Å²) in [5.74, 6) is -0.384. The Bertz CT molecular complexity index is 1180. The number of nitrogens with zero attached hydrogens (tertiary/aromatic N) is 1. The van der Waals surface area contributed by atoms with Gasteiger partial charge in [-0.3, -0.25) is 9.59 Å². The maximum absolute atomic E-state index is 13.5. The molecule has 4 rings (SSSR count). The number of hydrogen-bond donors (Lipinski definition) is 0. The molecule has 156 valence electrons. The van der Waals surface area contributed by atoms with Gasteiger partial charge < -0.3 is 4.74 Å². The molecule has 1 heterocycles. The first-order valence-electron chi connectivity index (χ1n) is 9.39. The lowest BCUT2D eigenvalue weighted by Gasteiger charge is -2.16. The van der Waals surface area contributed by atoms with E-state index in [9.17, 15) is 14.0 Å². The van der Waals surface area contributed by atoms with Gasteiger partial charge in [0.15, 0.2) is 0 Å². The number of carbonyl (C=O) groups excluding carboxylic acids is 2. The van der Waals surface area contributed by atoms with Gasteiger partial charge in [0.05, 0.1) is 28.3 Å². The minimum Gasteiger partial charge on any atom is -0.495 e. The molecule has 0 saturated carbocycles. The number of anilines is 1. The van der Waals surface area contributed by atoms with Crippen molar-refractivity contribution in [1.82, 2.24) is 0 Å². The number of thioether (sulfide) groups is 1. The number of amides is 2. The van der Waals surface area contributed by atoms with E-state index in [1.165, 1.54) is 49.2 Å². The van der Waals surface area contributed by atoms with Crippen LogP contribution in [0.3, 0.4) is 0 Å². The summed E-state index contributed by atoms with van der Waals surface area (Å²) in [5.41, 5.74) is 2.09. The molecule has 4 nitrogen and oxygen atoms in total. The summed E-state index contributed by atoms with van der Waals surface area (Å²) in [7, 11) is 1.49. The van der Waals surface area contributed by atoms with Crippen LogP contribution < -0.4 is 9.64 Å². The highest BCUT2D eigenvalue weighted by atomic mass is 35.5. The van der Waals surface area contributed by atoms with E-state index in [1.54, 1.807) is 12.1 Å². The average molecular weight is 454 g/mol. The molecule has 0 spiro atoms. The molecule has 1 aliphatic rings. The predicted molar refractivity (Wildman–Crippen MR) is 122 cm³/mol. The minimum atomic E-state index is -0.478. The molecule has 0 unspecified atom stereocenters. The van der Waals surface area contributed by atoms with Crippen LogP contribution in [0, 0.1) is 5.82 Å². The Hall–Kier alpha value is -3.09. The molecular weight excluding hydrogens is 437 g/mol. The predicted octanol–water partition coefficient (Wildman–Crippen LogP) is 5.71. The van der Waals surface area contributed by atoms with Crippen LogP contribution in [-0.2, 0) is 15.3 Å². The van der Waals surface area contributed by atoms with Crippen molar-refractivity contribution in [3.63, 3.8) is 0 Å². The first kappa shape index (κ1) is 21.2. The van der Waals surface area contributed by atoms with Crippen molar-refractivity contribution < 1.29 is 18.7 Å². The van der Waals surface area contributed by atoms with Crippen molar-refractivity contribution in [3.8, 4) is 5.75 Å². The van der Waals surface area contributed by atoms with Crippen molar-refractivity contribution in [3.05, 3.63) is 99.7 Å². The fraction of sp³-hybridized carbons (Fsp3) is 0.0833. The van der Waals surface area contributed by atoms with Gasteiger partial charge in [-0.25, -0.2) is 9.29 Å². The molecule has 0 atom stereocenters. The van der Waals surface area contributed by atoms with Gasteiger partial charge in [-0.1, -0.05) is 54.1 Å². The smallest absolute Gasteiger partial charge is 0.272 e. The second-order valence-electron chi connectivity index (χ2n) is 6.75. The number of carbonyl (C=O) groups is 2. The molecule has 0 aromatic heterocycles. The van der Waals surface area contributed by atoms with Gasteiger partial charge in [0.25, 0.3) is 11.8 Å². The lowest BCUT2D eigenvalue weighted by Crippen LogP contribution is -2.31. The zero-order valence-corrected chi connectivity index (χ0v) is 18.0. The van der Waals surface area contributed by atoms with Crippen LogP contribution in [-0.4, -0.2) is 18.9 Å². The summed E-state index contributed by atoms with van der Waals surface area (Å²) in [6.45, 7) is 0. The Morgan fingerprint density at radius 1 is 0.968 bits per heavy atom. The van der Waals surface area contributed by atoms with E-state index < -0.39 is 17.6 Å². The molecule has 3 aromatic rings. The molecule has 0 saturated heterocycles. The van der Waals surface area contributed by atoms with E-state index in [0.717, 1.165) is 10.5 Å². The SMILES string of the molecule is COc1ccc(N2C(=O)C(SCc3ccccc3)=C(c3ccc(F)cc3)C2=O)cc1Cl. The van der Waals surface area contributed by atoms with Gasteiger partial charge in [-0.15, -0.1) is 11.8 Å². The van der Waals surface area contributed by atoms with Crippen molar-refractivity contribution in [2.45, 2.75) is 5.75 Å². The second kappa shape index (κ2) is 8.96. The van der Waals surface area contributed by atoms with Crippen molar-refractivity contribution >= 4 is 46.4 Å². The first-order valence-corrected chi connectivity index (χ1v) is 10.7. The molecule has 1 aliphatic heterocycles. The third-order valence-corrected chi connectivity index (χ3v) is 6.23. The molecule has 0 bridgehead atoms. The first-order chi connectivity index (χ1) is 15.0. The Kier molecular flexibility index (Phi) is 6.11. The molecule has 0 radical (unpaired) electrons. The van der Waals surface area contributed by atoms with Crippen LogP contribution >= 0.6 is 23.4 Å². The van der Waals surface area contributed by atoms with E-state index in [1.807, 2.05) is 30.3 Å². The van der Waals surface area contributed by atoms with E-state index in [0.29, 0.717) is 27.7 Å². The lowest BCUT2D eigenvalue weighted by molar-refractivity contribution is -0.119. The summed E-state index contributed by atoms with van der Waals surface area (Å²) >= 11 is 7.50. The Balaban J connectivity index is 1.74. The third-order valence-electron chi connectivity index (χ3n) is 4.79. The standard InChI is InChI=1S/C24H17ClFNO3S/c1-30-20-12-11-18(13-19(20)25)27-23(28)21(16-7-9-17(26)10-8-16)22(24(27)29)31-14-15-5-3-2-4-6-15/h2-13H,14H2,1H3. The number of imide groups is 1. The van der Waals surface area contributed by atoms with Gasteiger partial charge in [-0.05, 0) is 41.5 Å². The van der Waals surface area contributed by atoms with E-state index in [-0.39, 0.29) is 10.6 Å². The molecule has 0 aliphatic carbocycles. The summed E-state index contributed by atoms with van der Waals surface area (Å²) < 4.78 is 18.6. The van der Waals surface area contributed by atoms with Crippen LogP contribution in [0.15, 0.2) is 77.7 Å². The third kappa shape index (κ3) is 4.22. The van der Waals surface area contributed by atoms with E-state index in [2.05, 4.69) is 0 Å². The highest BCUT2D eigenvalue weighted by molar-refractivity contribution is 8.03. The number of methoxy groups -OCH3 is 1. The molecule has 0 N–H and O–H groups in total. The Morgan fingerprint density at radius 3 is 2.32 bits per heavy atom. The topological polar surface area (TPSA) is 46.6 Å². The van der Waals surface area contributed by atoms with Crippen LogP contribution in [0.5, 0.6) is 5.75 Å². The Labute approximate surface area is 188 Å². The Morgan fingerprint density at radius 2 is 1.68 bits per heavy atom. The normalized spacial score (nSPS) is 13.8. The number of benzene rings is 3. The van der Waals surface area contributed by atoms with Crippen LogP contribution in [0.2, 0.25) is 5.02 Å². The highest BCUT2D eigenvalue weighted by Gasteiger charge is 2.40. The van der Waals surface area contributed by atoms with Crippen LogP contribution in [0.4, 0.5) is 10.1 Å². The summed E-state index contributed by atoms with van der Waals surface area (Å²) in [5, 5.41) is 0.286. The number of rotatable bonds is 6. The van der Waals surface area contributed by atoms with Crippen molar-refractivity contribution in [2.75, 3.05) is 12.0 Å². The number of hydrogen-bond acceptors (Lipinski definition) is 4. The number of ether oxygens (including phenoxy) is 1. The number of halogens is 2. The lowest BCUT2D eigenvalue weighted by atomic mass is 10.1. The summed E-state index contributed by atoms with van der Waals surface area (Å²) in [4.78, 5) is 28.1. The van der Waals surface area contributed by atoms with Crippen LogP contribution in [0.25, 0.3) is 5.57 Å². The summed E-state index contributed by atoms with van der Waals surface area (Å²) in [6.07, 6.45) is 0. The summed E-state index contributed by atoms with van der Waals surface area (Å²) in [6, 6.07) is 19.9. The highest BCUT2D eigenvalue weighted by Crippen LogP contribution is 2.41. The second-order valence-corrected chi connectivity index (χ2v) is 8.14. The molecule has 31 heavy (non-hydrogen) atoms.